The van der Waals surface area contributed by atoms with Crippen molar-refractivity contribution in [3.05, 3.63) is 24.7 Å². The molecule has 5 nitrogen and oxygen atoms in total. The Bertz CT molecular complexity index is 490. The predicted octanol–water partition coefficient (Wildman–Crippen LogP) is 1.69. The molecule has 5 heteroatoms. The van der Waals surface area contributed by atoms with Gasteiger partial charge < -0.3 is 10.4 Å². The molecular formula is C12H18N4O. The molecule has 2 aromatic rings. The summed E-state index contributed by atoms with van der Waals surface area (Å²) >= 11 is 0. The molecule has 2 rings (SSSR count). The van der Waals surface area contributed by atoms with Gasteiger partial charge in [-0.3, -0.25) is 0 Å². The van der Waals surface area contributed by atoms with Crippen LogP contribution in [0.25, 0.3) is 5.52 Å². The summed E-state index contributed by atoms with van der Waals surface area (Å²) < 4.78 is 1.76. The molecule has 0 aliphatic heterocycles. The summed E-state index contributed by atoms with van der Waals surface area (Å²) in [7, 11) is 0. The zero-order valence-electron chi connectivity index (χ0n) is 10.2. The molecule has 0 unspecified atom stereocenters. The fourth-order valence-electron chi connectivity index (χ4n) is 1.74. The molecule has 0 aromatic carbocycles. The largest absolute Gasteiger partial charge is 0.388 e. The smallest absolute Gasteiger partial charge is 0.152 e. The Kier molecular flexibility index (Phi) is 3.28. The van der Waals surface area contributed by atoms with Gasteiger partial charge in [-0.2, -0.15) is 5.10 Å². The number of nitrogens with one attached hydrogen (secondary N) is 1. The Morgan fingerprint density at radius 3 is 2.82 bits per heavy atom. The number of aliphatic hydroxyl groups is 1. The van der Waals surface area contributed by atoms with Crippen molar-refractivity contribution in [3.63, 3.8) is 0 Å². The Balaban J connectivity index is 2.16. The van der Waals surface area contributed by atoms with Crippen LogP contribution in [-0.2, 0) is 0 Å². The second kappa shape index (κ2) is 4.71. The van der Waals surface area contributed by atoms with Crippen LogP contribution >= 0.6 is 0 Å². The second-order valence-corrected chi connectivity index (χ2v) is 4.22. The lowest BCUT2D eigenvalue weighted by Crippen LogP contribution is -2.35. The van der Waals surface area contributed by atoms with E-state index in [0.29, 0.717) is 6.54 Å². The number of hydrogen-bond acceptors (Lipinski definition) is 4. The molecule has 2 N–H and O–H groups in total. The third-order valence-corrected chi connectivity index (χ3v) is 3.23. The lowest BCUT2D eigenvalue weighted by molar-refractivity contribution is 0.0456. The van der Waals surface area contributed by atoms with Gasteiger partial charge in [-0.1, -0.05) is 13.8 Å². The predicted molar refractivity (Wildman–Crippen MR) is 67.0 cm³/mol. The van der Waals surface area contributed by atoms with Crippen molar-refractivity contribution < 1.29 is 5.11 Å². The van der Waals surface area contributed by atoms with Gasteiger partial charge in [0.05, 0.1) is 11.8 Å². The molecule has 0 aliphatic carbocycles. The Labute approximate surface area is 100 Å². The standard InChI is InChI=1S/C12H18N4O/c1-3-12(17,4-2)9-14-11-10-5-6-15-16(10)8-7-13-11/h5-8,17H,3-4,9H2,1-2H3,(H,13,14). The maximum atomic E-state index is 10.2. The number of hydrogen-bond donors (Lipinski definition) is 2. The highest BCUT2D eigenvalue weighted by molar-refractivity contribution is 5.66. The number of nitrogens with zero attached hydrogens (tertiary/aromatic N) is 3. The first-order valence-corrected chi connectivity index (χ1v) is 5.93. The highest BCUT2D eigenvalue weighted by atomic mass is 16.3. The molecule has 0 saturated heterocycles. The van der Waals surface area contributed by atoms with Crippen LogP contribution in [0.4, 0.5) is 5.82 Å². The Morgan fingerprint density at radius 2 is 2.12 bits per heavy atom. The molecule has 92 valence electrons. The molecule has 2 aromatic heterocycles. The lowest BCUT2D eigenvalue weighted by Gasteiger charge is -2.25. The normalized spacial score (nSPS) is 11.9. The van der Waals surface area contributed by atoms with Gasteiger partial charge in [0.2, 0.25) is 0 Å². The highest BCUT2D eigenvalue weighted by Crippen LogP contribution is 2.18. The van der Waals surface area contributed by atoms with Gasteiger partial charge in [0.1, 0.15) is 5.52 Å². The van der Waals surface area contributed by atoms with E-state index in [4.69, 9.17) is 0 Å². The van der Waals surface area contributed by atoms with E-state index >= 15 is 0 Å². The monoisotopic (exact) mass is 234 g/mol. The van der Waals surface area contributed by atoms with Gasteiger partial charge in [0, 0.05) is 18.9 Å². The zero-order valence-corrected chi connectivity index (χ0v) is 10.2. The van der Waals surface area contributed by atoms with Gasteiger partial charge in [-0.15, -0.1) is 0 Å². The average Bonchev–Trinajstić information content (AvgIpc) is 2.84. The summed E-state index contributed by atoms with van der Waals surface area (Å²) in [5.74, 6) is 0.755. The Morgan fingerprint density at radius 1 is 1.35 bits per heavy atom. The van der Waals surface area contributed by atoms with E-state index in [1.54, 1.807) is 23.1 Å². The van der Waals surface area contributed by atoms with Crippen LogP contribution < -0.4 is 5.32 Å². The Hall–Kier alpha value is -1.62. The fourth-order valence-corrected chi connectivity index (χ4v) is 1.74. The maximum absolute atomic E-state index is 10.2. The van der Waals surface area contributed by atoms with Crippen LogP contribution in [0, 0.1) is 0 Å². The van der Waals surface area contributed by atoms with Crippen molar-refractivity contribution >= 4 is 11.3 Å². The van der Waals surface area contributed by atoms with Gasteiger partial charge >= 0.3 is 0 Å². The number of rotatable bonds is 5. The van der Waals surface area contributed by atoms with Crippen LogP contribution in [0.2, 0.25) is 0 Å². The molecule has 0 fully saturated rings. The number of aromatic nitrogens is 3. The maximum Gasteiger partial charge on any atom is 0.152 e. The van der Waals surface area contributed by atoms with Gasteiger partial charge in [0.15, 0.2) is 5.82 Å². The minimum absolute atomic E-state index is 0.498. The highest BCUT2D eigenvalue weighted by Gasteiger charge is 2.22. The van der Waals surface area contributed by atoms with Gasteiger partial charge in [0.25, 0.3) is 0 Å². The van der Waals surface area contributed by atoms with Crippen molar-refractivity contribution in [2.75, 3.05) is 11.9 Å². The summed E-state index contributed by atoms with van der Waals surface area (Å²) in [6, 6.07) is 1.90. The fraction of sp³-hybridized carbons (Fsp3) is 0.500. The van der Waals surface area contributed by atoms with Gasteiger partial charge in [-0.25, -0.2) is 9.50 Å². The first kappa shape index (κ1) is 11.9. The van der Waals surface area contributed by atoms with Crippen LogP contribution in [0.15, 0.2) is 24.7 Å². The molecule has 0 saturated carbocycles. The molecule has 2 heterocycles. The van der Waals surface area contributed by atoms with Crippen molar-refractivity contribution in [3.8, 4) is 0 Å². The molecule has 0 spiro atoms. The van der Waals surface area contributed by atoms with Crippen LogP contribution in [0.5, 0.6) is 0 Å². The average molecular weight is 234 g/mol. The summed E-state index contributed by atoms with van der Waals surface area (Å²) in [5, 5.41) is 17.5. The quantitative estimate of drug-likeness (QED) is 0.826. The summed E-state index contributed by atoms with van der Waals surface area (Å²) in [5.41, 5.74) is 0.246. The van der Waals surface area contributed by atoms with Gasteiger partial charge in [-0.05, 0) is 18.9 Å². The third-order valence-electron chi connectivity index (χ3n) is 3.23. The van der Waals surface area contributed by atoms with E-state index < -0.39 is 5.60 Å². The van der Waals surface area contributed by atoms with E-state index in [0.717, 1.165) is 24.2 Å². The number of anilines is 1. The van der Waals surface area contributed by atoms with E-state index in [9.17, 15) is 5.11 Å². The third kappa shape index (κ3) is 2.39. The topological polar surface area (TPSA) is 62.5 Å². The molecule has 0 aliphatic rings. The van der Waals surface area contributed by atoms with Crippen molar-refractivity contribution in [2.24, 2.45) is 0 Å². The second-order valence-electron chi connectivity index (χ2n) is 4.22. The SMILES string of the molecule is CCC(O)(CC)CNc1nccn2nccc12. The van der Waals surface area contributed by atoms with Crippen LogP contribution in [0.3, 0.4) is 0 Å². The van der Waals surface area contributed by atoms with Crippen LogP contribution in [0.1, 0.15) is 26.7 Å². The first-order valence-electron chi connectivity index (χ1n) is 5.93. The zero-order chi connectivity index (χ0) is 12.3. The lowest BCUT2D eigenvalue weighted by atomic mass is 9.98. The number of fused-ring (bicyclic) bond motifs is 1. The molecular weight excluding hydrogens is 216 g/mol. The molecule has 0 atom stereocenters. The first-order chi connectivity index (χ1) is 8.18. The minimum Gasteiger partial charge on any atom is -0.388 e. The molecule has 17 heavy (non-hydrogen) atoms. The van der Waals surface area contributed by atoms with E-state index in [1.807, 2.05) is 19.9 Å². The van der Waals surface area contributed by atoms with E-state index in [1.165, 1.54) is 0 Å². The summed E-state index contributed by atoms with van der Waals surface area (Å²) in [4.78, 5) is 4.27. The summed E-state index contributed by atoms with van der Waals surface area (Å²) in [6.45, 7) is 4.47. The summed E-state index contributed by atoms with van der Waals surface area (Å²) in [6.07, 6.45) is 6.66. The van der Waals surface area contributed by atoms with Crippen molar-refractivity contribution in [1.29, 1.82) is 0 Å². The minimum atomic E-state index is -0.672. The van der Waals surface area contributed by atoms with E-state index in [2.05, 4.69) is 15.4 Å². The molecule has 0 amide bonds. The molecule has 0 radical (unpaired) electrons. The van der Waals surface area contributed by atoms with Crippen LogP contribution in [-0.4, -0.2) is 31.9 Å². The van der Waals surface area contributed by atoms with E-state index in [-0.39, 0.29) is 0 Å². The van der Waals surface area contributed by atoms with Crippen molar-refractivity contribution in [2.45, 2.75) is 32.3 Å². The van der Waals surface area contributed by atoms with Crippen molar-refractivity contribution in [1.82, 2.24) is 14.6 Å². The molecule has 0 bridgehead atoms.